The molecule has 0 unspecified atom stereocenters. The van der Waals surface area contributed by atoms with E-state index in [0.717, 1.165) is 23.7 Å². The van der Waals surface area contributed by atoms with Crippen LogP contribution < -0.4 is 0 Å². The molecule has 1 fully saturated rings. The maximum atomic E-state index is 3.89. The maximum absolute atomic E-state index is 3.89. The molecule has 4 heteroatoms. The Bertz CT molecular complexity index is 445. The first-order valence-electron chi connectivity index (χ1n) is 5.16. The van der Waals surface area contributed by atoms with Crippen LogP contribution in [0.15, 0.2) is 18.2 Å². The molecule has 0 saturated heterocycles. The maximum Gasteiger partial charge on any atom is 0.179 e. The van der Waals surface area contributed by atoms with Crippen molar-refractivity contribution in [2.45, 2.75) is 19.3 Å². The van der Waals surface area contributed by atoms with E-state index in [1.807, 2.05) is 12.1 Å². The van der Waals surface area contributed by atoms with Crippen molar-refractivity contribution in [3.05, 3.63) is 29.8 Å². The zero-order valence-electron chi connectivity index (χ0n) is 8.27. The number of nitrogens with zero attached hydrogens (tertiary/aromatic N) is 3. The molecular formula is C11H11N4. The molecule has 1 aromatic heterocycles. The molecule has 0 amide bonds. The van der Waals surface area contributed by atoms with E-state index in [1.165, 1.54) is 18.4 Å². The van der Waals surface area contributed by atoms with E-state index in [2.05, 4.69) is 32.8 Å². The second-order valence-corrected chi connectivity index (χ2v) is 4.00. The molecule has 1 radical (unpaired) electrons. The Morgan fingerprint density at radius 3 is 3.13 bits per heavy atom. The predicted molar refractivity (Wildman–Crippen MR) is 54.9 cm³/mol. The molecule has 1 N–H and O–H groups in total. The lowest BCUT2D eigenvalue weighted by molar-refractivity contribution is 0.831. The molecule has 2 aromatic rings. The lowest BCUT2D eigenvalue weighted by Crippen LogP contribution is -1.89. The van der Waals surface area contributed by atoms with Gasteiger partial charge in [-0.2, -0.15) is 0 Å². The monoisotopic (exact) mass is 199 g/mol. The summed E-state index contributed by atoms with van der Waals surface area (Å²) in [6.45, 7) is 0. The Morgan fingerprint density at radius 1 is 1.47 bits per heavy atom. The van der Waals surface area contributed by atoms with Gasteiger partial charge in [0.2, 0.25) is 0 Å². The number of nitrogens with one attached hydrogen (secondary N) is 1. The number of hydrogen-bond acceptors (Lipinski definition) is 3. The summed E-state index contributed by atoms with van der Waals surface area (Å²) >= 11 is 0. The van der Waals surface area contributed by atoms with Gasteiger partial charge in [-0.1, -0.05) is 12.1 Å². The SMILES string of the molecule is [c]1ccc(-c2nnn[nH]2)cc1CC1CC1. The van der Waals surface area contributed by atoms with Gasteiger partial charge in [-0.3, -0.25) is 0 Å². The summed E-state index contributed by atoms with van der Waals surface area (Å²) in [7, 11) is 0. The summed E-state index contributed by atoms with van der Waals surface area (Å²) in [5, 5.41) is 13.8. The van der Waals surface area contributed by atoms with Gasteiger partial charge in [0.15, 0.2) is 5.82 Å². The zero-order chi connectivity index (χ0) is 10.1. The molecule has 15 heavy (non-hydrogen) atoms. The molecular weight excluding hydrogens is 188 g/mol. The lowest BCUT2D eigenvalue weighted by atomic mass is 10.1. The average molecular weight is 199 g/mol. The van der Waals surface area contributed by atoms with Crippen LogP contribution in [0.5, 0.6) is 0 Å². The highest BCUT2D eigenvalue weighted by Crippen LogP contribution is 2.32. The minimum absolute atomic E-state index is 0.723. The van der Waals surface area contributed by atoms with Crippen molar-refractivity contribution >= 4 is 0 Å². The van der Waals surface area contributed by atoms with Gasteiger partial charge in [-0.05, 0) is 53.3 Å². The smallest absolute Gasteiger partial charge is 0.179 e. The van der Waals surface area contributed by atoms with Crippen LogP contribution in [0.25, 0.3) is 11.4 Å². The Balaban J connectivity index is 1.88. The molecule has 0 bridgehead atoms. The number of rotatable bonds is 3. The number of aromatic amines is 1. The van der Waals surface area contributed by atoms with E-state index in [4.69, 9.17) is 0 Å². The van der Waals surface area contributed by atoms with Crippen molar-refractivity contribution in [2.75, 3.05) is 0 Å². The molecule has 0 atom stereocenters. The Morgan fingerprint density at radius 2 is 2.40 bits per heavy atom. The van der Waals surface area contributed by atoms with Crippen molar-refractivity contribution in [3.63, 3.8) is 0 Å². The topological polar surface area (TPSA) is 54.5 Å². The quantitative estimate of drug-likeness (QED) is 0.817. The number of hydrogen-bond donors (Lipinski definition) is 1. The Hall–Kier alpha value is -1.71. The van der Waals surface area contributed by atoms with E-state index >= 15 is 0 Å². The second-order valence-electron chi connectivity index (χ2n) is 4.00. The summed E-state index contributed by atoms with van der Waals surface area (Å²) in [5.41, 5.74) is 2.29. The highest BCUT2D eigenvalue weighted by molar-refractivity contribution is 5.54. The molecule has 0 spiro atoms. The van der Waals surface area contributed by atoms with Crippen LogP contribution in [0.1, 0.15) is 18.4 Å². The molecule has 4 nitrogen and oxygen atoms in total. The van der Waals surface area contributed by atoms with Gasteiger partial charge >= 0.3 is 0 Å². The molecule has 1 aliphatic carbocycles. The summed E-state index contributed by atoms with van der Waals surface area (Å²) in [6, 6.07) is 9.28. The number of H-pyrrole nitrogens is 1. The van der Waals surface area contributed by atoms with Crippen LogP contribution in [-0.4, -0.2) is 20.6 Å². The third-order valence-electron chi connectivity index (χ3n) is 2.69. The molecule has 1 aliphatic rings. The first-order valence-corrected chi connectivity index (χ1v) is 5.16. The summed E-state index contributed by atoms with van der Waals surface area (Å²) in [4.78, 5) is 0. The Labute approximate surface area is 87.7 Å². The van der Waals surface area contributed by atoms with Crippen molar-refractivity contribution in [2.24, 2.45) is 5.92 Å². The molecule has 1 heterocycles. The third kappa shape index (κ3) is 1.88. The number of benzene rings is 1. The fourth-order valence-electron chi connectivity index (χ4n) is 1.70. The summed E-state index contributed by atoms with van der Waals surface area (Å²) in [5.74, 6) is 1.60. The normalized spacial score (nSPS) is 15.5. The van der Waals surface area contributed by atoms with Gasteiger partial charge in [-0.15, -0.1) is 5.10 Å². The lowest BCUT2D eigenvalue weighted by Gasteiger charge is -2.00. The van der Waals surface area contributed by atoms with Crippen molar-refractivity contribution < 1.29 is 0 Å². The summed E-state index contributed by atoms with van der Waals surface area (Å²) < 4.78 is 0. The largest absolute Gasteiger partial charge is 0.239 e. The first kappa shape index (κ1) is 8.59. The number of aromatic nitrogens is 4. The van der Waals surface area contributed by atoms with Crippen molar-refractivity contribution in [1.29, 1.82) is 0 Å². The van der Waals surface area contributed by atoms with Crippen LogP contribution >= 0.6 is 0 Å². The highest BCUT2D eigenvalue weighted by Gasteiger charge is 2.21. The molecule has 3 rings (SSSR count). The van der Waals surface area contributed by atoms with Crippen LogP contribution in [0.3, 0.4) is 0 Å². The third-order valence-corrected chi connectivity index (χ3v) is 2.69. The average Bonchev–Trinajstić information content (AvgIpc) is 2.91. The standard InChI is InChI=1S/C11H11N4/c1-2-9(6-8-4-5-8)7-10(3-1)11-12-14-15-13-11/h1,3,7-8H,4-6H2,(H,12,13,14,15). The highest BCUT2D eigenvalue weighted by atomic mass is 15.5. The van der Waals surface area contributed by atoms with Gasteiger partial charge in [0.05, 0.1) is 0 Å². The van der Waals surface area contributed by atoms with E-state index < -0.39 is 0 Å². The number of tetrazole rings is 1. The van der Waals surface area contributed by atoms with Gasteiger partial charge in [0.1, 0.15) is 0 Å². The fraction of sp³-hybridized carbons (Fsp3) is 0.364. The van der Waals surface area contributed by atoms with Gasteiger partial charge in [-0.25, -0.2) is 5.10 Å². The minimum Gasteiger partial charge on any atom is -0.239 e. The van der Waals surface area contributed by atoms with Crippen molar-refractivity contribution in [3.8, 4) is 11.4 Å². The molecule has 75 valence electrons. The van der Waals surface area contributed by atoms with Crippen LogP contribution in [-0.2, 0) is 6.42 Å². The van der Waals surface area contributed by atoms with Crippen LogP contribution in [0.2, 0.25) is 0 Å². The second kappa shape index (κ2) is 3.46. The van der Waals surface area contributed by atoms with E-state index in [9.17, 15) is 0 Å². The van der Waals surface area contributed by atoms with E-state index in [-0.39, 0.29) is 0 Å². The van der Waals surface area contributed by atoms with Crippen LogP contribution in [0.4, 0.5) is 0 Å². The minimum atomic E-state index is 0.723. The van der Waals surface area contributed by atoms with E-state index in [0.29, 0.717) is 0 Å². The van der Waals surface area contributed by atoms with Gasteiger partial charge in [0, 0.05) is 5.56 Å². The van der Waals surface area contributed by atoms with Gasteiger partial charge < -0.3 is 0 Å². The van der Waals surface area contributed by atoms with Crippen LogP contribution in [0, 0.1) is 12.0 Å². The molecule has 0 aliphatic heterocycles. The Kier molecular flexibility index (Phi) is 1.98. The molecule has 1 aromatic carbocycles. The predicted octanol–water partition coefficient (Wildman–Crippen LogP) is 1.62. The molecule has 1 saturated carbocycles. The fourth-order valence-corrected chi connectivity index (χ4v) is 1.70. The van der Waals surface area contributed by atoms with E-state index in [1.54, 1.807) is 0 Å². The van der Waals surface area contributed by atoms with Gasteiger partial charge in [0.25, 0.3) is 0 Å². The zero-order valence-corrected chi connectivity index (χ0v) is 8.27. The van der Waals surface area contributed by atoms with Crippen molar-refractivity contribution in [1.82, 2.24) is 20.6 Å². The summed E-state index contributed by atoms with van der Waals surface area (Å²) in [6.07, 6.45) is 3.86. The first-order chi connectivity index (χ1) is 7.42.